The van der Waals surface area contributed by atoms with E-state index < -0.39 is 0 Å². The van der Waals surface area contributed by atoms with Crippen LogP contribution in [-0.4, -0.2) is 4.57 Å². The number of aryl methyl sites for hydroxylation is 1. The van der Waals surface area contributed by atoms with Crippen LogP contribution >= 0.6 is 0 Å². The Morgan fingerprint density at radius 1 is 0.879 bits per heavy atom. The third kappa shape index (κ3) is 3.44. The number of nitrogens with zero attached hydrogens (tertiary/aromatic N) is 1. The first kappa shape index (κ1) is 20.8. The SMILES string of the molecule is C=C(/C=C\C=C/C)c1cccc(-n2c3ccccc3c3c4oc(/C=C\C)c(C)c4ccc32)c1. The van der Waals surface area contributed by atoms with Crippen LogP contribution in [0.25, 0.3) is 50.1 Å². The lowest BCUT2D eigenvalue weighted by Gasteiger charge is -2.10. The van der Waals surface area contributed by atoms with E-state index in [0.29, 0.717) is 0 Å². The van der Waals surface area contributed by atoms with Gasteiger partial charge in [0.1, 0.15) is 11.3 Å². The van der Waals surface area contributed by atoms with Crippen LogP contribution < -0.4 is 0 Å². The second kappa shape index (κ2) is 8.48. The standard InChI is InChI=1S/C31H27NO/c1-5-7-8-13-21(3)23-14-11-15-24(20-23)32-27-17-10-9-16-26(27)30-28(32)19-18-25-22(4)29(12-6-2)33-31(25)30/h5-20H,3H2,1-2,4H3/b7-5-,12-6-,13-8-. The van der Waals surface area contributed by atoms with Crippen molar-refractivity contribution in [1.29, 1.82) is 0 Å². The third-order valence-corrected chi connectivity index (χ3v) is 6.17. The summed E-state index contributed by atoms with van der Waals surface area (Å²) < 4.78 is 8.72. The monoisotopic (exact) mass is 429 g/mol. The fourth-order valence-corrected chi connectivity index (χ4v) is 4.56. The van der Waals surface area contributed by atoms with Crippen LogP contribution in [0.2, 0.25) is 0 Å². The maximum absolute atomic E-state index is 6.40. The number of aromatic nitrogens is 1. The summed E-state index contributed by atoms with van der Waals surface area (Å²) in [5.41, 5.74) is 7.61. The predicted molar refractivity (Wildman–Crippen MR) is 143 cm³/mol. The van der Waals surface area contributed by atoms with Crippen molar-refractivity contribution in [3.8, 4) is 5.69 Å². The number of fused-ring (bicyclic) bond motifs is 5. The topological polar surface area (TPSA) is 18.1 Å². The van der Waals surface area contributed by atoms with Gasteiger partial charge in [-0.25, -0.2) is 0 Å². The second-order valence-corrected chi connectivity index (χ2v) is 8.24. The number of rotatable bonds is 5. The number of hydrogen-bond acceptors (Lipinski definition) is 1. The summed E-state index contributed by atoms with van der Waals surface area (Å²) in [5.74, 6) is 0.919. The van der Waals surface area contributed by atoms with E-state index in [4.69, 9.17) is 4.42 Å². The largest absolute Gasteiger partial charge is 0.456 e. The van der Waals surface area contributed by atoms with E-state index in [1.807, 2.05) is 50.3 Å². The molecule has 0 amide bonds. The molecule has 0 saturated carbocycles. The van der Waals surface area contributed by atoms with Crippen LogP contribution in [0, 0.1) is 6.92 Å². The molecule has 33 heavy (non-hydrogen) atoms. The smallest absolute Gasteiger partial charge is 0.145 e. The molecule has 0 aliphatic heterocycles. The number of benzene rings is 3. The van der Waals surface area contributed by atoms with Crippen LogP contribution in [0.5, 0.6) is 0 Å². The molecule has 0 spiro atoms. The van der Waals surface area contributed by atoms with Gasteiger partial charge in [0.2, 0.25) is 0 Å². The zero-order valence-corrected chi connectivity index (χ0v) is 19.3. The molecular formula is C31H27NO. The summed E-state index contributed by atoms with van der Waals surface area (Å²) >= 11 is 0. The summed E-state index contributed by atoms with van der Waals surface area (Å²) in [6.07, 6.45) is 12.2. The second-order valence-electron chi connectivity index (χ2n) is 8.24. The quantitative estimate of drug-likeness (QED) is 0.255. The zero-order valence-electron chi connectivity index (χ0n) is 19.3. The van der Waals surface area contributed by atoms with Crippen LogP contribution in [0.3, 0.4) is 0 Å². The minimum atomic E-state index is 0.919. The van der Waals surface area contributed by atoms with Gasteiger partial charge >= 0.3 is 0 Å². The molecule has 0 fully saturated rings. The molecule has 5 aromatic rings. The Balaban J connectivity index is 1.79. The van der Waals surface area contributed by atoms with Gasteiger partial charge in [0, 0.05) is 22.0 Å². The molecule has 2 heteroatoms. The Morgan fingerprint density at radius 2 is 1.73 bits per heavy atom. The van der Waals surface area contributed by atoms with Gasteiger partial charge in [-0.05, 0) is 68.3 Å². The van der Waals surface area contributed by atoms with Crippen LogP contribution in [0.1, 0.15) is 30.7 Å². The van der Waals surface area contributed by atoms with Gasteiger partial charge in [-0.1, -0.05) is 67.3 Å². The first-order valence-corrected chi connectivity index (χ1v) is 11.3. The van der Waals surface area contributed by atoms with Crippen LogP contribution in [0.15, 0.2) is 102 Å². The van der Waals surface area contributed by atoms with Gasteiger partial charge in [-0.15, -0.1) is 0 Å². The molecule has 162 valence electrons. The number of allylic oxidation sites excluding steroid dienone is 6. The molecule has 3 aromatic carbocycles. The minimum absolute atomic E-state index is 0.919. The molecule has 0 aliphatic rings. The Bertz CT molecular complexity index is 1600. The van der Waals surface area contributed by atoms with Crippen molar-refractivity contribution in [3.05, 3.63) is 115 Å². The van der Waals surface area contributed by atoms with Crippen LogP contribution in [0.4, 0.5) is 0 Å². The lowest BCUT2D eigenvalue weighted by atomic mass is 10.1. The minimum Gasteiger partial charge on any atom is -0.456 e. The Hall–Kier alpha value is -4.04. The van der Waals surface area contributed by atoms with Crippen molar-refractivity contribution >= 4 is 44.4 Å². The maximum Gasteiger partial charge on any atom is 0.145 e. The highest BCUT2D eigenvalue weighted by molar-refractivity contribution is 6.20. The summed E-state index contributed by atoms with van der Waals surface area (Å²) in [5, 5.41) is 3.50. The molecule has 0 radical (unpaired) electrons. The van der Waals surface area contributed by atoms with E-state index in [2.05, 4.69) is 78.7 Å². The molecule has 0 unspecified atom stereocenters. The Morgan fingerprint density at radius 3 is 2.55 bits per heavy atom. The Kier molecular flexibility index (Phi) is 5.35. The van der Waals surface area contributed by atoms with Crippen molar-refractivity contribution in [2.24, 2.45) is 0 Å². The van der Waals surface area contributed by atoms with E-state index in [1.54, 1.807) is 0 Å². The number of para-hydroxylation sites is 1. The molecule has 0 N–H and O–H groups in total. The first-order chi connectivity index (χ1) is 16.1. The van der Waals surface area contributed by atoms with Crippen molar-refractivity contribution in [1.82, 2.24) is 4.57 Å². The number of hydrogen-bond donors (Lipinski definition) is 0. The van der Waals surface area contributed by atoms with E-state index >= 15 is 0 Å². The van der Waals surface area contributed by atoms with Crippen molar-refractivity contribution < 1.29 is 4.42 Å². The third-order valence-electron chi connectivity index (χ3n) is 6.17. The molecule has 0 bridgehead atoms. The normalized spacial score (nSPS) is 12.5. The van der Waals surface area contributed by atoms with Gasteiger partial charge < -0.3 is 8.98 Å². The van der Waals surface area contributed by atoms with Gasteiger partial charge in [0.15, 0.2) is 0 Å². The molecule has 2 aromatic heterocycles. The van der Waals surface area contributed by atoms with Gasteiger partial charge in [-0.2, -0.15) is 0 Å². The molecule has 2 nitrogen and oxygen atoms in total. The average molecular weight is 430 g/mol. The summed E-state index contributed by atoms with van der Waals surface area (Å²) in [6.45, 7) is 10.4. The highest BCUT2D eigenvalue weighted by Gasteiger charge is 2.19. The van der Waals surface area contributed by atoms with Gasteiger partial charge in [0.05, 0.1) is 16.4 Å². The first-order valence-electron chi connectivity index (χ1n) is 11.3. The lowest BCUT2D eigenvalue weighted by molar-refractivity contribution is 0.604. The van der Waals surface area contributed by atoms with Gasteiger partial charge in [-0.3, -0.25) is 0 Å². The van der Waals surface area contributed by atoms with E-state index in [9.17, 15) is 0 Å². The predicted octanol–water partition coefficient (Wildman–Crippen LogP) is 9.02. The number of furan rings is 1. The molecular weight excluding hydrogens is 402 g/mol. The van der Waals surface area contributed by atoms with Crippen molar-refractivity contribution in [2.45, 2.75) is 20.8 Å². The van der Waals surface area contributed by atoms with Gasteiger partial charge in [0.25, 0.3) is 0 Å². The highest BCUT2D eigenvalue weighted by atomic mass is 16.3. The molecule has 5 rings (SSSR count). The van der Waals surface area contributed by atoms with Crippen molar-refractivity contribution in [3.63, 3.8) is 0 Å². The average Bonchev–Trinajstić information content (AvgIpc) is 3.34. The molecule has 2 heterocycles. The fraction of sp³-hybridized carbons (Fsp3) is 0.0968. The van der Waals surface area contributed by atoms with E-state index in [1.165, 1.54) is 10.9 Å². The summed E-state index contributed by atoms with van der Waals surface area (Å²) in [6, 6.07) is 21.5. The molecule has 0 atom stereocenters. The summed E-state index contributed by atoms with van der Waals surface area (Å²) in [4.78, 5) is 0. The van der Waals surface area contributed by atoms with E-state index in [0.717, 1.165) is 50.0 Å². The zero-order chi connectivity index (χ0) is 22.9. The maximum atomic E-state index is 6.40. The molecule has 0 saturated heterocycles. The van der Waals surface area contributed by atoms with E-state index in [-0.39, 0.29) is 0 Å². The Labute approximate surface area is 194 Å². The van der Waals surface area contributed by atoms with Crippen molar-refractivity contribution in [2.75, 3.05) is 0 Å². The lowest BCUT2D eigenvalue weighted by Crippen LogP contribution is -1.94. The van der Waals surface area contributed by atoms with Crippen LogP contribution in [-0.2, 0) is 0 Å². The summed E-state index contributed by atoms with van der Waals surface area (Å²) in [7, 11) is 0. The fourth-order valence-electron chi connectivity index (χ4n) is 4.56. The highest BCUT2D eigenvalue weighted by Crippen LogP contribution is 2.39. The molecule has 0 aliphatic carbocycles.